The average molecular weight is 540 g/mol. The number of hydrogen-bond acceptors (Lipinski definition) is 6. The molecule has 2 aliphatic carbocycles. The molecular weight excluding hydrogens is 502 g/mol. The normalized spacial score (nSPS) is 28.0. The van der Waals surface area contributed by atoms with Gasteiger partial charge in [-0.25, -0.2) is 13.3 Å². The van der Waals surface area contributed by atoms with Gasteiger partial charge in [-0.05, 0) is 56.4 Å². The summed E-state index contributed by atoms with van der Waals surface area (Å²) in [6, 6.07) is 7.13. The van der Waals surface area contributed by atoms with Crippen molar-refractivity contribution >= 4 is 32.3 Å². The van der Waals surface area contributed by atoms with Gasteiger partial charge in [0, 0.05) is 53.5 Å². The molecule has 0 aromatic heterocycles. The summed E-state index contributed by atoms with van der Waals surface area (Å²) in [5.74, 6) is 0. The second-order valence-corrected chi connectivity index (χ2v) is 13.3. The Balaban J connectivity index is 1.42. The molecule has 8 nitrogen and oxygen atoms in total. The first-order valence-corrected chi connectivity index (χ1v) is 15.1. The average Bonchev–Trinajstić information content (AvgIpc) is 3.80. The van der Waals surface area contributed by atoms with Crippen LogP contribution in [0.15, 0.2) is 29.2 Å². The van der Waals surface area contributed by atoms with Gasteiger partial charge in [0.05, 0.1) is 35.6 Å². The summed E-state index contributed by atoms with van der Waals surface area (Å²) >= 11 is 6.18. The number of rotatable bonds is 8. The highest BCUT2D eigenvalue weighted by molar-refractivity contribution is 8.00. The van der Waals surface area contributed by atoms with E-state index in [9.17, 15) is 9.90 Å². The molecule has 2 saturated carbocycles. The van der Waals surface area contributed by atoms with Gasteiger partial charge < -0.3 is 19.5 Å². The minimum absolute atomic E-state index is 0.0109. The van der Waals surface area contributed by atoms with Gasteiger partial charge >= 0.3 is 6.09 Å². The molecule has 0 spiro atoms. The number of morpholine rings is 1. The van der Waals surface area contributed by atoms with E-state index in [0.717, 1.165) is 61.4 Å². The number of β-amino-alcohol motifs (C(OH)–C–C–N with tert-alkyl or cyclic N) is 1. The first-order chi connectivity index (χ1) is 17.4. The third-order valence-electron chi connectivity index (χ3n) is 7.84. The number of amides is 1. The van der Waals surface area contributed by atoms with Gasteiger partial charge in [-0.2, -0.15) is 0 Å². The summed E-state index contributed by atoms with van der Waals surface area (Å²) in [5.41, 5.74) is -0.684. The van der Waals surface area contributed by atoms with Crippen LogP contribution in [0.25, 0.3) is 0 Å². The monoisotopic (exact) mass is 539 g/mol. The molecule has 0 radical (unpaired) electrons. The number of carbonyl (C=O) groups excluding carboxylic acids is 1. The molecule has 2 heterocycles. The van der Waals surface area contributed by atoms with Crippen LogP contribution in [0.3, 0.4) is 0 Å². The fourth-order valence-electron chi connectivity index (χ4n) is 5.58. The van der Waals surface area contributed by atoms with E-state index < -0.39 is 15.3 Å². The maximum atomic E-state index is 15.1. The van der Waals surface area contributed by atoms with Crippen LogP contribution in [0.1, 0.15) is 45.4 Å². The Bertz CT molecular complexity index is 1050. The molecule has 1 amide bonds. The van der Waals surface area contributed by atoms with Crippen LogP contribution in [0.4, 0.5) is 4.79 Å². The number of aliphatic hydroxyl groups excluding tert-OH is 1. The quantitative estimate of drug-likeness (QED) is 0.511. The summed E-state index contributed by atoms with van der Waals surface area (Å²) in [4.78, 5) is 19.0. The molecule has 10 heteroatoms. The predicted octanol–water partition coefficient (Wildman–Crippen LogP) is 3.01. The molecule has 1 aromatic carbocycles. The van der Waals surface area contributed by atoms with Gasteiger partial charge in [0.25, 0.3) is 0 Å². The SMILES string of the molecule is CCC[C@@H]1COC[C@H](C2(OC(=O)N3CCN(CCO)CC3)CC2)N1S(=O)(=C1CC1)c1ccc(Cl)cc1. The zero-order valence-corrected chi connectivity index (χ0v) is 22.6. The molecule has 1 unspecified atom stereocenters. The Hall–Kier alpha value is -1.36. The lowest BCUT2D eigenvalue weighted by molar-refractivity contribution is -0.0726. The maximum Gasteiger partial charge on any atom is 0.410 e. The van der Waals surface area contributed by atoms with Crippen molar-refractivity contribution in [2.45, 2.75) is 68.0 Å². The summed E-state index contributed by atoms with van der Waals surface area (Å²) in [6.07, 6.45) is 4.73. The van der Waals surface area contributed by atoms with E-state index in [-0.39, 0.29) is 24.8 Å². The van der Waals surface area contributed by atoms with Crippen LogP contribution in [-0.4, -0.2) is 105 Å². The number of carbonyl (C=O) groups is 1. The number of aliphatic hydroxyl groups is 1. The molecule has 4 aliphatic rings. The third kappa shape index (κ3) is 5.15. The van der Waals surface area contributed by atoms with Crippen LogP contribution in [0.2, 0.25) is 5.02 Å². The highest BCUT2D eigenvalue weighted by atomic mass is 35.5. The first kappa shape index (κ1) is 26.3. The number of hydrogen-bond donors (Lipinski definition) is 1. The number of halogens is 1. The molecule has 0 bridgehead atoms. The molecule has 200 valence electrons. The summed E-state index contributed by atoms with van der Waals surface area (Å²) < 4.78 is 29.6. The fraction of sp³-hybridized carbons (Fsp3) is 0.692. The van der Waals surface area contributed by atoms with Gasteiger partial charge in [-0.15, -0.1) is 0 Å². The lowest BCUT2D eigenvalue weighted by atomic mass is 10.0. The number of ether oxygens (including phenoxy) is 2. The largest absolute Gasteiger partial charge is 0.441 e. The van der Waals surface area contributed by atoms with Crippen LogP contribution >= 0.6 is 11.6 Å². The van der Waals surface area contributed by atoms with Crippen molar-refractivity contribution in [1.82, 2.24) is 14.1 Å². The standard InChI is InChI=1S/C26H38ClN3O5S/c1-2-3-21-18-34-19-24(30(21)36(33,23-8-9-23)22-6-4-20(27)5-7-22)26(10-11-26)35-25(32)29-14-12-28(13-15-29)16-17-31/h4-7,21,24,31H,2-3,8-19H2,1H3/t21-,24-,36?/m1/s1. The summed E-state index contributed by atoms with van der Waals surface area (Å²) in [5, 5.41) is 9.81. The molecule has 4 fully saturated rings. The Kier molecular flexibility index (Phi) is 7.87. The Morgan fingerprint density at radius 2 is 1.86 bits per heavy atom. The molecule has 1 N–H and O–H groups in total. The second kappa shape index (κ2) is 10.8. The lowest BCUT2D eigenvalue weighted by Crippen LogP contribution is -2.61. The van der Waals surface area contributed by atoms with E-state index in [1.807, 2.05) is 24.3 Å². The van der Waals surface area contributed by atoms with Crippen molar-refractivity contribution in [2.75, 3.05) is 52.5 Å². The van der Waals surface area contributed by atoms with Crippen molar-refractivity contribution in [3.8, 4) is 0 Å². The van der Waals surface area contributed by atoms with Crippen molar-refractivity contribution in [2.24, 2.45) is 0 Å². The van der Waals surface area contributed by atoms with Crippen LogP contribution in [0, 0.1) is 0 Å². The van der Waals surface area contributed by atoms with Gasteiger partial charge in [0.1, 0.15) is 5.60 Å². The number of nitrogens with zero attached hydrogens (tertiary/aromatic N) is 3. The smallest absolute Gasteiger partial charge is 0.410 e. The number of piperazine rings is 1. The molecule has 2 saturated heterocycles. The zero-order valence-electron chi connectivity index (χ0n) is 21.1. The van der Waals surface area contributed by atoms with Crippen LogP contribution in [0.5, 0.6) is 0 Å². The van der Waals surface area contributed by atoms with Crippen molar-refractivity contribution in [1.29, 1.82) is 0 Å². The van der Waals surface area contributed by atoms with Crippen molar-refractivity contribution in [3.05, 3.63) is 29.3 Å². The van der Waals surface area contributed by atoms with E-state index in [2.05, 4.69) is 16.1 Å². The van der Waals surface area contributed by atoms with Gasteiger partial charge in [0.15, 0.2) is 0 Å². The third-order valence-corrected chi connectivity index (χ3v) is 11.3. The van der Waals surface area contributed by atoms with Crippen molar-refractivity contribution < 1.29 is 23.6 Å². The first-order valence-electron chi connectivity index (χ1n) is 13.2. The molecule has 5 rings (SSSR count). The highest BCUT2D eigenvalue weighted by Crippen LogP contribution is 2.49. The van der Waals surface area contributed by atoms with Gasteiger partial charge in [-0.1, -0.05) is 24.9 Å². The molecule has 3 atom stereocenters. The molecule has 2 aliphatic heterocycles. The van der Waals surface area contributed by atoms with Gasteiger partial charge in [-0.3, -0.25) is 4.90 Å². The Labute approximate surface area is 219 Å². The van der Waals surface area contributed by atoms with Gasteiger partial charge in [0.2, 0.25) is 0 Å². The summed E-state index contributed by atoms with van der Waals surface area (Å²) in [6.45, 7) is 6.42. The van der Waals surface area contributed by atoms with E-state index in [1.54, 1.807) is 4.90 Å². The van der Waals surface area contributed by atoms with Crippen LogP contribution < -0.4 is 0 Å². The Morgan fingerprint density at radius 3 is 2.44 bits per heavy atom. The highest BCUT2D eigenvalue weighted by Gasteiger charge is 2.60. The Morgan fingerprint density at radius 1 is 1.17 bits per heavy atom. The second-order valence-electron chi connectivity index (χ2n) is 10.4. The minimum Gasteiger partial charge on any atom is -0.441 e. The maximum absolute atomic E-state index is 15.1. The molecular formula is C26H38ClN3O5S. The predicted molar refractivity (Wildman–Crippen MR) is 141 cm³/mol. The van der Waals surface area contributed by atoms with E-state index in [1.165, 1.54) is 0 Å². The lowest BCUT2D eigenvalue weighted by Gasteiger charge is -2.47. The van der Waals surface area contributed by atoms with E-state index in [0.29, 0.717) is 37.9 Å². The van der Waals surface area contributed by atoms with E-state index in [4.69, 9.17) is 21.1 Å². The minimum atomic E-state index is -2.65. The van der Waals surface area contributed by atoms with Crippen LogP contribution in [-0.2, 0) is 19.2 Å². The fourth-order valence-corrected chi connectivity index (χ4v) is 8.94. The number of benzene rings is 1. The van der Waals surface area contributed by atoms with E-state index >= 15 is 4.21 Å². The zero-order chi connectivity index (χ0) is 25.3. The van der Waals surface area contributed by atoms with Crippen molar-refractivity contribution in [3.63, 3.8) is 0 Å². The topological polar surface area (TPSA) is 82.6 Å². The summed E-state index contributed by atoms with van der Waals surface area (Å²) in [7, 11) is -2.65. The molecule has 1 aromatic rings. The molecule has 36 heavy (non-hydrogen) atoms.